The van der Waals surface area contributed by atoms with Gasteiger partial charge in [0, 0.05) is 0 Å². The van der Waals surface area contributed by atoms with Gasteiger partial charge >= 0.3 is 201 Å². The average molecular weight is 559 g/mol. The van der Waals surface area contributed by atoms with E-state index >= 15 is 0 Å². The monoisotopic (exact) mass is 560 g/mol. The minimum atomic E-state index is -2.48. The summed E-state index contributed by atoms with van der Waals surface area (Å²) in [6.07, 6.45) is 9.74. The van der Waals surface area contributed by atoms with Crippen LogP contribution in [0, 0.1) is 6.92 Å². The van der Waals surface area contributed by atoms with Gasteiger partial charge < -0.3 is 0 Å². The Balaban J connectivity index is 2.13. The van der Waals surface area contributed by atoms with Crippen molar-refractivity contribution in [3.63, 3.8) is 0 Å². The summed E-state index contributed by atoms with van der Waals surface area (Å²) in [7, 11) is 1.79. The van der Waals surface area contributed by atoms with Crippen molar-refractivity contribution >= 4 is 28.0 Å². The van der Waals surface area contributed by atoms with Crippen molar-refractivity contribution in [2.24, 2.45) is 0 Å². The SMILES string of the molecule is CCC[CH2][Sn]([CH2]CCC)([CH2]CCC)[c]1cnc(CN(C)C(=O)OCc2ccccc2)c(C)c1. The molecule has 0 atom stereocenters. The fourth-order valence-electron chi connectivity index (χ4n) is 4.53. The molecule has 1 amide bonds. The predicted molar refractivity (Wildman–Crippen MR) is 142 cm³/mol. The molecule has 0 unspecified atom stereocenters. The van der Waals surface area contributed by atoms with Crippen molar-refractivity contribution in [1.82, 2.24) is 9.88 Å². The fourth-order valence-corrected chi connectivity index (χ4v) is 20.4. The molecule has 4 nitrogen and oxygen atoms in total. The Bertz CT molecular complexity index is 819. The number of pyridine rings is 1. The van der Waals surface area contributed by atoms with E-state index in [-0.39, 0.29) is 6.09 Å². The van der Waals surface area contributed by atoms with Crippen molar-refractivity contribution in [2.75, 3.05) is 7.05 Å². The van der Waals surface area contributed by atoms with Crippen LogP contribution in [-0.2, 0) is 17.9 Å². The van der Waals surface area contributed by atoms with E-state index in [4.69, 9.17) is 9.72 Å². The molecule has 0 aliphatic carbocycles. The summed E-state index contributed by atoms with van der Waals surface area (Å²) in [6, 6.07) is 12.2. The molecule has 1 aromatic carbocycles. The summed E-state index contributed by atoms with van der Waals surface area (Å²) in [5.41, 5.74) is 3.17. The number of amides is 1. The van der Waals surface area contributed by atoms with Gasteiger partial charge in [0.2, 0.25) is 0 Å². The standard InChI is InChI=1S/C16H17N2O2.3C4H9.Sn/c1-13-7-6-10-17-15(13)11-18(2)16(19)20-12-14-8-4-3-5-9-14;3*1-3-4-2;/h3-5,7-10H,11-12H2,1-2H3;3*1,3-4H2,2H3;. The maximum atomic E-state index is 12.5. The molecule has 5 heteroatoms. The number of unbranched alkanes of at least 4 members (excludes halogenated alkanes) is 3. The van der Waals surface area contributed by atoms with E-state index in [1.54, 1.807) is 15.5 Å². The predicted octanol–water partition coefficient (Wildman–Crippen LogP) is 7.21. The zero-order valence-corrected chi connectivity index (χ0v) is 24.4. The van der Waals surface area contributed by atoms with Gasteiger partial charge in [-0.05, 0) is 0 Å². The first-order valence-corrected chi connectivity index (χ1v) is 20.3. The Kier molecular flexibility index (Phi) is 12.3. The molecule has 0 bridgehead atoms. The molecule has 182 valence electrons. The summed E-state index contributed by atoms with van der Waals surface area (Å²) < 4.78 is 11.4. The van der Waals surface area contributed by atoms with Gasteiger partial charge in [0.25, 0.3) is 0 Å². The molecule has 0 radical (unpaired) electrons. The van der Waals surface area contributed by atoms with E-state index in [1.807, 2.05) is 30.3 Å². The van der Waals surface area contributed by atoms with E-state index < -0.39 is 18.4 Å². The summed E-state index contributed by atoms with van der Waals surface area (Å²) >= 11 is -2.48. The number of rotatable bonds is 14. The second kappa shape index (κ2) is 14.6. The van der Waals surface area contributed by atoms with Crippen LogP contribution in [0.3, 0.4) is 0 Å². The summed E-state index contributed by atoms with van der Waals surface area (Å²) in [5, 5.41) is 0. The number of nitrogens with zero attached hydrogens (tertiary/aromatic N) is 2. The number of aryl methyl sites for hydroxylation is 1. The number of hydrogen-bond acceptors (Lipinski definition) is 3. The van der Waals surface area contributed by atoms with E-state index in [2.05, 4.69) is 40.0 Å². The van der Waals surface area contributed by atoms with Crippen molar-refractivity contribution in [2.45, 2.75) is 92.7 Å². The van der Waals surface area contributed by atoms with Gasteiger partial charge in [0.1, 0.15) is 0 Å². The first-order valence-electron chi connectivity index (χ1n) is 12.8. The topological polar surface area (TPSA) is 42.4 Å². The van der Waals surface area contributed by atoms with Gasteiger partial charge in [0.05, 0.1) is 0 Å². The van der Waals surface area contributed by atoms with Crippen LogP contribution in [0.15, 0.2) is 42.6 Å². The van der Waals surface area contributed by atoms with Crippen LogP contribution >= 0.6 is 0 Å². The van der Waals surface area contributed by atoms with Crippen LogP contribution in [0.5, 0.6) is 0 Å². The molecule has 0 saturated carbocycles. The Morgan fingerprint density at radius 3 is 2.06 bits per heavy atom. The summed E-state index contributed by atoms with van der Waals surface area (Å²) in [5.74, 6) is 0. The van der Waals surface area contributed by atoms with Crippen molar-refractivity contribution in [1.29, 1.82) is 0 Å². The van der Waals surface area contributed by atoms with Gasteiger partial charge in [0.15, 0.2) is 0 Å². The Labute approximate surface area is 206 Å². The number of carbonyl (C=O) groups excluding carboxylic acids is 1. The van der Waals surface area contributed by atoms with Gasteiger partial charge in [-0.15, -0.1) is 0 Å². The molecule has 1 heterocycles. The minimum absolute atomic E-state index is 0.290. The third-order valence-corrected chi connectivity index (χ3v) is 22.2. The molecule has 1 aromatic heterocycles. The molecule has 0 aliphatic rings. The third kappa shape index (κ3) is 8.62. The zero-order valence-electron chi connectivity index (χ0n) is 21.5. The Morgan fingerprint density at radius 1 is 0.970 bits per heavy atom. The van der Waals surface area contributed by atoms with Crippen LogP contribution in [0.1, 0.15) is 76.1 Å². The van der Waals surface area contributed by atoms with Crippen LogP contribution in [0.4, 0.5) is 4.79 Å². The second-order valence-corrected chi connectivity index (χ2v) is 22.7. The first-order chi connectivity index (χ1) is 16.0. The first kappa shape index (κ1) is 27.7. The van der Waals surface area contributed by atoms with E-state index in [0.717, 1.165) is 11.3 Å². The van der Waals surface area contributed by atoms with E-state index in [0.29, 0.717) is 13.2 Å². The van der Waals surface area contributed by atoms with Crippen molar-refractivity contribution < 1.29 is 9.53 Å². The zero-order chi connectivity index (χ0) is 24.1. The van der Waals surface area contributed by atoms with Crippen LogP contribution < -0.4 is 3.58 Å². The van der Waals surface area contributed by atoms with Gasteiger partial charge in [-0.3, -0.25) is 0 Å². The molecule has 0 N–H and O–H groups in total. The van der Waals surface area contributed by atoms with E-state index in [9.17, 15) is 4.79 Å². The average Bonchev–Trinajstić information content (AvgIpc) is 2.84. The van der Waals surface area contributed by atoms with Crippen molar-refractivity contribution in [3.8, 4) is 0 Å². The Hall–Kier alpha value is -1.56. The van der Waals surface area contributed by atoms with Crippen LogP contribution in [0.25, 0.3) is 0 Å². The van der Waals surface area contributed by atoms with Gasteiger partial charge in [-0.2, -0.15) is 0 Å². The molecule has 33 heavy (non-hydrogen) atoms. The normalized spacial score (nSPS) is 11.4. The molecule has 0 spiro atoms. The second-order valence-electron chi connectivity index (χ2n) is 9.47. The number of aromatic nitrogens is 1. The van der Waals surface area contributed by atoms with Gasteiger partial charge in [-0.25, -0.2) is 0 Å². The molecule has 2 rings (SSSR count). The molecular weight excluding hydrogens is 515 g/mol. The number of ether oxygens (including phenoxy) is 1. The molecular formula is C28H44N2O2Sn. The quantitative estimate of drug-likeness (QED) is 0.230. The molecule has 2 aromatic rings. The number of hydrogen-bond donors (Lipinski definition) is 0. The molecule has 0 aliphatic heterocycles. The molecule has 0 fully saturated rings. The summed E-state index contributed by atoms with van der Waals surface area (Å²) in [4.78, 5) is 19.0. The maximum absolute atomic E-state index is 12.5. The summed E-state index contributed by atoms with van der Waals surface area (Å²) in [6.45, 7) is 9.87. The number of carbonyl (C=O) groups is 1. The van der Waals surface area contributed by atoms with Crippen LogP contribution in [-0.4, -0.2) is 41.4 Å². The van der Waals surface area contributed by atoms with E-state index in [1.165, 1.54) is 57.4 Å². The third-order valence-electron chi connectivity index (χ3n) is 6.73. The number of benzene rings is 1. The fraction of sp³-hybridized carbons (Fsp3) is 0.571. The molecule has 0 saturated heterocycles. The van der Waals surface area contributed by atoms with Gasteiger partial charge in [-0.1, -0.05) is 6.07 Å². The van der Waals surface area contributed by atoms with Crippen molar-refractivity contribution in [3.05, 3.63) is 59.4 Å². The van der Waals surface area contributed by atoms with Crippen LogP contribution in [0.2, 0.25) is 13.3 Å². The Morgan fingerprint density at radius 2 is 1.55 bits per heavy atom.